The Hall–Kier alpha value is -2.04. The van der Waals surface area contributed by atoms with Crippen LogP contribution in [0.5, 0.6) is 0 Å². The summed E-state index contributed by atoms with van der Waals surface area (Å²) in [5, 5.41) is 0. The van der Waals surface area contributed by atoms with Crippen molar-refractivity contribution in [1.82, 2.24) is 0 Å². The molecule has 0 aliphatic rings. The average Bonchev–Trinajstić information content (AvgIpc) is 2.28. The molecule has 0 saturated carbocycles. The molecule has 0 spiro atoms. The van der Waals surface area contributed by atoms with Crippen molar-refractivity contribution in [2.75, 3.05) is 19.5 Å². The normalized spacial score (nSPS) is 9.76. The van der Waals surface area contributed by atoms with E-state index in [9.17, 15) is 9.59 Å². The molecule has 0 aromatic heterocycles. The number of hydrogen-bond acceptors (Lipinski definition) is 5. The Kier molecular flexibility index (Phi) is 4.51. The van der Waals surface area contributed by atoms with Crippen molar-refractivity contribution in [2.45, 2.75) is 13.3 Å². The summed E-state index contributed by atoms with van der Waals surface area (Å²) in [6.07, 6.45) is 0.0357. The van der Waals surface area contributed by atoms with E-state index in [0.29, 0.717) is 11.3 Å². The molecule has 1 aromatic rings. The topological polar surface area (TPSA) is 78.6 Å². The van der Waals surface area contributed by atoms with Crippen LogP contribution in [0.1, 0.15) is 22.3 Å². The third-order valence-corrected chi connectivity index (χ3v) is 2.28. The number of benzene rings is 1. The van der Waals surface area contributed by atoms with E-state index in [-0.39, 0.29) is 13.0 Å². The zero-order chi connectivity index (χ0) is 12.8. The summed E-state index contributed by atoms with van der Waals surface area (Å²) < 4.78 is 9.37. The van der Waals surface area contributed by atoms with E-state index in [0.717, 1.165) is 5.56 Å². The molecule has 0 unspecified atom stereocenters. The lowest BCUT2D eigenvalue weighted by atomic mass is 10.1. The molecule has 0 saturated heterocycles. The number of carbonyl (C=O) groups is 2. The molecular weight excluding hydrogens is 222 g/mol. The molecule has 0 aliphatic heterocycles. The smallest absolute Gasteiger partial charge is 0.340 e. The molecule has 0 aliphatic carbocycles. The Morgan fingerprint density at radius 2 is 2.06 bits per heavy atom. The molecule has 5 nitrogen and oxygen atoms in total. The number of ether oxygens (including phenoxy) is 2. The van der Waals surface area contributed by atoms with Crippen LogP contribution >= 0.6 is 0 Å². The van der Waals surface area contributed by atoms with Gasteiger partial charge in [0, 0.05) is 5.69 Å². The van der Waals surface area contributed by atoms with E-state index in [4.69, 9.17) is 10.5 Å². The van der Waals surface area contributed by atoms with E-state index in [1.54, 1.807) is 25.1 Å². The standard InChI is InChI=1S/C12H15NO4/c1-8-4-3-5-9(13)11(8)12(15)17-7-6-10(14)16-2/h3-5H,6-7,13H2,1-2H3. The highest BCUT2D eigenvalue weighted by Gasteiger charge is 2.14. The summed E-state index contributed by atoms with van der Waals surface area (Å²) in [6, 6.07) is 5.16. The lowest BCUT2D eigenvalue weighted by Gasteiger charge is -2.08. The van der Waals surface area contributed by atoms with Crippen molar-refractivity contribution < 1.29 is 19.1 Å². The second kappa shape index (κ2) is 5.89. The molecule has 0 atom stereocenters. The second-order valence-electron chi connectivity index (χ2n) is 3.50. The fourth-order valence-electron chi connectivity index (χ4n) is 1.37. The van der Waals surface area contributed by atoms with E-state index < -0.39 is 11.9 Å². The van der Waals surface area contributed by atoms with Crippen molar-refractivity contribution in [2.24, 2.45) is 0 Å². The first-order valence-electron chi connectivity index (χ1n) is 5.15. The second-order valence-corrected chi connectivity index (χ2v) is 3.50. The fraction of sp³-hybridized carbons (Fsp3) is 0.333. The summed E-state index contributed by atoms with van der Waals surface area (Å²) in [4.78, 5) is 22.5. The van der Waals surface area contributed by atoms with E-state index in [1.807, 2.05) is 0 Å². The minimum absolute atomic E-state index is 0.0146. The fourth-order valence-corrected chi connectivity index (χ4v) is 1.37. The maximum absolute atomic E-state index is 11.7. The maximum atomic E-state index is 11.7. The Balaban J connectivity index is 2.61. The molecule has 5 heteroatoms. The summed E-state index contributed by atoms with van der Waals surface area (Å²) in [7, 11) is 1.28. The Morgan fingerprint density at radius 3 is 2.65 bits per heavy atom. The number of anilines is 1. The quantitative estimate of drug-likeness (QED) is 0.630. The molecule has 1 aromatic carbocycles. The lowest BCUT2D eigenvalue weighted by molar-refractivity contribution is -0.141. The first-order valence-corrected chi connectivity index (χ1v) is 5.15. The average molecular weight is 237 g/mol. The van der Waals surface area contributed by atoms with Crippen molar-refractivity contribution >= 4 is 17.6 Å². The number of esters is 2. The summed E-state index contributed by atoms with van der Waals surface area (Å²) in [5.74, 6) is -0.944. The molecule has 0 bridgehead atoms. The maximum Gasteiger partial charge on any atom is 0.340 e. The van der Waals surface area contributed by atoms with Gasteiger partial charge in [0.2, 0.25) is 0 Å². The van der Waals surface area contributed by atoms with Crippen LogP contribution in [0.15, 0.2) is 18.2 Å². The van der Waals surface area contributed by atoms with Gasteiger partial charge in [-0.2, -0.15) is 0 Å². The third kappa shape index (κ3) is 3.48. The van der Waals surface area contributed by atoms with Gasteiger partial charge in [0.15, 0.2) is 0 Å². The van der Waals surface area contributed by atoms with E-state index in [1.165, 1.54) is 7.11 Å². The van der Waals surface area contributed by atoms with Gasteiger partial charge in [-0.3, -0.25) is 4.79 Å². The molecule has 0 radical (unpaired) electrons. The highest BCUT2D eigenvalue weighted by Crippen LogP contribution is 2.17. The first kappa shape index (κ1) is 13.0. The van der Waals surface area contributed by atoms with Crippen LogP contribution in [-0.4, -0.2) is 25.7 Å². The van der Waals surface area contributed by atoms with Gasteiger partial charge < -0.3 is 15.2 Å². The molecule has 1 rings (SSSR count). The van der Waals surface area contributed by atoms with Gasteiger partial charge in [0.1, 0.15) is 6.61 Å². The Bertz CT molecular complexity index is 408. The van der Waals surface area contributed by atoms with Gasteiger partial charge in [-0.1, -0.05) is 12.1 Å². The minimum Gasteiger partial charge on any atom is -0.469 e. The van der Waals surface area contributed by atoms with Gasteiger partial charge in [-0.05, 0) is 18.6 Å². The molecule has 0 amide bonds. The molecule has 0 heterocycles. The SMILES string of the molecule is COC(=O)CCOC(=O)c1c(C)cccc1N. The summed E-state index contributed by atoms with van der Waals surface area (Å²) >= 11 is 0. The van der Waals surface area contributed by atoms with Crippen LogP contribution in [0.2, 0.25) is 0 Å². The lowest BCUT2D eigenvalue weighted by Crippen LogP contribution is -2.13. The number of nitrogen functional groups attached to an aromatic ring is 1. The summed E-state index contributed by atoms with van der Waals surface area (Å²) in [6.45, 7) is 1.76. The highest BCUT2D eigenvalue weighted by molar-refractivity contribution is 5.96. The van der Waals surface area contributed by atoms with Crippen LogP contribution in [0, 0.1) is 6.92 Å². The van der Waals surface area contributed by atoms with Crippen LogP contribution in [0.25, 0.3) is 0 Å². The number of nitrogens with two attached hydrogens (primary N) is 1. The zero-order valence-electron chi connectivity index (χ0n) is 9.86. The van der Waals surface area contributed by atoms with Crippen LogP contribution in [-0.2, 0) is 14.3 Å². The van der Waals surface area contributed by atoms with Crippen LogP contribution in [0.4, 0.5) is 5.69 Å². The van der Waals surface area contributed by atoms with Gasteiger partial charge >= 0.3 is 11.9 Å². The van der Waals surface area contributed by atoms with Crippen molar-refractivity contribution in [1.29, 1.82) is 0 Å². The van der Waals surface area contributed by atoms with Crippen LogP contribution in [0.3, 0.4) is 0 Å². The van der Waals surface area contributed by atoms with Crippen LogP contribution < -0.4 is 5.73 Å². The number of methoxy groups -OCH3 is 1. The van der Waals surface area contributed by atoms with Gasteiger partial charge in [-0.15, -0.1) is 0 Å². The monoisotopic (exact) mass is 237 g/mol. The Morgan fingerprint density at radius 1 is 1.35 bits per heavy atom. The highest BCUT2D eigenvalue weighted by atomic mass is 16.5. The first-order chi connectivity index (χ1) is 8.06. The van der Waals surface area contributed by atoms with E-state index >= 15 is 0 Å². The van der Waals surface area contributed by atoms with E-state index in [2.05, 4.69) is 4.74 Å². The number of carbonyl (C=O) groups excluding carboxylic acids is 2. The predicted octanol–water partition coefficient (Wildman–Crippen LogP) is 1.30. The molecule has 92 valence electrons. The zero-order valence-corrected chi connectivity index (χ0v) is 9.86. The third-order valence-electron chi connectivity index (χ3n) is 2.28. The van der Waals surface area contributed by atoms with Crippen molar-refractivity contribution in [3.8, 4) is 0 Å². The van der Waals surface area contributed by atoms with Crippen molar-refractivity contribution in [3.05, 3.63) is 29.3 Å². The number of aryl methyl sites for hydroxylation is 1. The molecule has 2 N–H and O–H groups in total. The predicted molar refractivity (Wildman–Crippen MR) is 62.5 cm³/mol. The Labute approximate surface area is 99.5 Å². The molecule has 17 heavy (non-hydrogen) atoms. The number of hydrogen-bond donors (Lipinski definition) is 1. The molecular formula is C12H15NO4. The van der Waals surface area contributed by atoms with Gasteiger partial charge in [0.05, 0.1) is 19.1 Å². The van der Waals surface area contributed by atoms with Gasteiger partial charge in [0.25, 0.3) is 0 Å². The molecule has 0 fully saturated rings. The summed E-state index contributed by atoms with van der Waals surface area (Å²) in [5.41, 5.74) is 7.14. The minimum atomic E-state index is -0.524. The number of rotatable bonds is 4. The van der Waals surface area contributed by atoms with Gasteiger partial charge in [-0.25, -0.2) is 4.79 Å². The largest absolute Gasteiger partial charge is 0.469 e. The van der Waals surface area contributed by atoms with Crippen molar-refractivity contribution in [3.63, 3.8) is 0 Å².